The molecule has 3 N–H and O–H groups in total. The molecular formula is C12H13FN4OS2. The van der Waals surface area contributed by atoms with Gasteiger partial charge in [-0.1, -0.05) is 35.2 Å². The molecule has 2 aromatic rings. The summed E-state index contributed by atoms with van der Waals surface area (Å²) in [5, 5.41) is 11.8. The molecule has 5 nitrogen and oxygen atoms in total. The van der Waals surface area contributed by atoms with Crippen LogP contribution in [0.4, 0.5) is 9.52 Å². The lowest BCUT2D eigenvalue weighted by Gasteiger charge is -2.01. The number of carbonyl (C=O) groups excluding carboxylic acids is 1. The van der Waals surface area contributed by atoms with Crippen LogP contribution in [-0.2, 0) is 11.3 Å². The summed E-state index contributed by atoms with van der Waals surface area (Å²) in [4.78, 5) is 10.6. The van der Waals surface area contributed by atoms with Gasteiger partial charge in [-0.3, -0.25) is 4.79 Å². The number of nitrogens with one attached hydrogen (secondary N) is 1. The second-order valence-corrected chi connectivity index (χ2v) is 6.24. The van der Waals surface area contributed by atoms with Gasteiger partial charge in [0, 0.05) is 18.7 Å². The van der Waals surface area contributed by atoms with Crippen molar-refractivity contribution in [2.24, 2.45) is 5.73 Å². The van der Waals surface area contributed by atoms with E-state index in [2.05, 4.69) is 15.5 Å². The molecule has 106 valence electrons. The van der Waals surface area contributed by atoms with Gasteiger partial charge in [-0.15, -0.1) is 10.2 Å². The predicted molar refractivity (Wildman–Crippen MR) is 78.2 cm³/mol. The molecule has 0 fully saturated rings. The molecule has 0 radical (unpaired) electrons. The second kappa shape index (κ2) is 7.20. The molecule has 0 unspecified atom stereocenters. The van der Waals surface area contributed by atoms with Gasteiger partial charge in [0.2, 0.25) is 11.0 Å². The Kier molecular flexibility index (Phi) is 5.31. The van der Waals surface area contributed by atoms with Gasteiger partial charge in [0.15, 0.2) is 4.34 Å². The van der Waals surface area contributed by atoms with Crippen molar-refractivity contribution in [3.8, 4) is 0 Å². The van der Waals surface area contributed by atoms with Crippen LogP contribution in [0, 0.1) is 5.82 Å². The zero-order chi connectivity index (χ0) is 14.4. The van der Waals surface area contributed by atoms with E-state index in [0.717, 1.165) is 9.90 Å². The molecule has 0 aliphatic carbocycles. The lowest BCUT2D eigenvalue weighted by Crippen LogP contribution is -2.10. The Hall–Kier alpha value is -1.67. The molecule has 0 aliphatic heterocycles. The van der Waals surface area contributed by atoms with Crippen molar-refractivity contribution >= 4 is 34.1 Å². The summed E-state index contributed by atoms with van der Waals surface area (Å²) in [5.74, 6) is 0.0246. The maximum Gasteiger partial charge on any atom is 0.218 e. The monoisotopic (exact) mass is 312 g/mol. The van der Waals surface area contributed by atoms with Crippen LogP contribution in [0.1, 0.15) is 12.0 Å². The molecule has 0 spiro atoms. The minimum absolute atomic E-state index is 0.252. The fourth-order valence-electron chi connectivity index (χ4n) is 1.36. The Morgan fingerprint density at radius 1 is 1.35 bits per heavy atom. The number of hydrogen-bond donors (Lipinski definition) is 2. The number of primary amides is 1. The van der Waals surface area contributed by atoms with E-state index >= 15 is 0 Å². The molecule has 1 aromatic carbocycles. The van der Waals surface area contributed by atoms with Gasteiger partial charge < -0.3 is 11.1 Å². The number of nitrogens with two attached hydrogens (primary N) is 1. The minimum Gasteiger partial charge on any atom is -0.370 e. The summed E-state index contributed by atoms with van der Waals surface area (Å²) in [5.41, 5.74) is 6.02. The highest BCUT2D eigenvalue weighted by Gasteiger charge is 2.05. The number of carbonyl (C=O) groups is 1. The zero-order valence-electron chi connectivity index (χ0n) is 10.5. The van der Waals surface area contributed by atoms with E-state index in [4.69, 9.17) is 5.73 Å². The third-order valence-electron chi connectivity index (χ3n) is 2.34. The van der Waals surface area contributed by atoms with Crippen molar-refractivity contribution in [3.05, 3.63) is 35.6 Å². The van der Waals surface area contributed by atoms with E-state index in [1.165, 1.54) is 35.2 Å². The molecule has 0 saturated carbocycles. The number of hydrogen-bond acceptors (Lipinski definition) is 6. The summed E-state index contributed by atoms with van der Waals surface area (Å²) in [6.07, 6.45) is 0.322. The first-order valence-electron chi connectivity index (χ1n) is 5.86. The molecule has 1 aromatic heterocycles. The van der Waals surface area contributed by atoms with Crippen molar-refractivity contribution in [3.63, 3.8) is 0 Å². The number of halogens is 1. The van der Waals surface area contributed by atoms with E-state index in [1.807, 2.05) is 0 Å². The van der Waals surface area contributed by atoms with Crippen LogP contribution in [0.3, 0.4) is 0 Å². The van der Waals surface area contributed by atoms with Crippen molar-refractivity contribution in [1.82, 2.24) is 10.2 Å². The zero-order valence-corrected chi connectivity index (χ0v) is 12.1. The van der Waals surface area contributed by atoms with Crippen LogP contribution in [-0.4, -0.2) is 21.9 Å². The van der Waals surface area contributed by atoms with Crippen LogP contribution in [0.5, 0.6) is 0 Å². The van der Waals surface area contributed by atoms with Crippen molar-refractivity contribution in [2.45, 2.75) is 17.3 Å². The van der Waals surface area contributed by atoms with Gasteiger partial charge in [0.05, 0.1) is 0 Å². The SMILES string of the molecule is NC(=O)CCSc1nnc(NCc2ccc(F)cc2)s1. The number of aromatic nitrogens is 2. The highest BCUT2D eigenvalue weighted by molar-refractivity contribution is 8.01. The first-order valence-corrected chi connectivity index (χ1v) is 7.66. The summed E-state index contributed by atoms with van der Waals surface area (Å²) >= 11 is 2.86. The van der Waals surface area contributed by atoms with Gasteiger partial charge in [-0.2, -0.15) is 0 Å². The van der Waals surface area contributed by atoms with Crippen molar-refractivity contribution in [1.29, 1.82) is 0 Å². The van der Waals surface area contributed by atoms with E-state index < -0.39 is 0 Å². The number of rotatable bonds is 7. The molecule has 2 rings (SSSR count). The largest absolute Gasteiger partial charge is 0.370 e. The van der Waals surface area contributed by atoms with Crippen LogP contribution in [0.15, 0.2) is 28.6 Å². The molecule has 0 bridgehead atoms. The number of anilines is 1. The van der Waals surface area contributed by atoms with Crippen molar-refractivity contribution < 1.29 is 9.18 Å². The average Bonchev–Trinajstić information content (AvgIpc) is 2.86. The van der Waals surface area contributed by atoms with E-state index in [9.17, 15) is 9.18 Å². The quantitative estimate of drug-likeness (QED) is 0.767. The lowest BCUT2D eigenvalue weighted by atomic mass is 10.2. The van der Waals surface area contributed by atoms with E-state index in [0.29, 0.717) is 23.8 Å². The molecule has 1 heterocycles. The molecule has 20 heavy (non-hydrogen) atoms. The van der Waals surface area contributed by atoms with Gasteiger partial charge in [-0.25, -0.2) is 4.39 Å². The first kappa shape index (κ1) is 14.7. The van der Waals surface area contributed by atoms with Crippen LogP contribution >= 0.6 is 23.1 Å². The molecule has 1 amide bonds. The molecule has 0 aliphatic rings. The summed E-state index contributed by atoms with van der Waals surface area (Å²) in [7, 11) is 0. The average molecular weight is 312 g/mol. The van der Waals surface area contributed by atoms with Crippen LogP contribution in [0.2, 0.25) is 0 Å². The smallest absolute Gasteiger partial charge is 0.218 e. The summed E-state index contributed by atoms with van der Waals surface area (Å²) < 4.78 is 13.5. The minimum atomic E-state index is -0.323. The third-order valence-corrected chi connectivity index (χ3v) is 4.35. The first-order chi connectivity index (χ1) is 9.63. The Morgan fingerprint density at radius 2 is 2.10 bits per heavy atom. The van der Waals surface area contributed by atoms with Gasteiger partial charge in [0.1, 0.15) is 5.82 Å². The van der Waals surface area contributed by atoms with E-state index in [-0.39, 0.29) is 11.7 Å². The molecule has 0 atom stereocenters. The molecule has 8 heteroatoms. The predicted octanol–water partition coefficient (Wildman–Crippen LogP) is 2.26. The molecule has 0 saturated heterocycles. The maximum absolute atomic E-state index is 12.8. The normalized spacial score (nSPS) is 10.4. The summed E-state index contributed by atoms with van der Waals surface area (Å²) in [6, 6.07) is 6.27. The van der Waals surface area contributed by atoms with E-state index in [1.54, 1.807) is 12.1 Å². The number of benzene rings is 1. The Morgan fingerprint density at radius 3 is 2.80 bits per heavy atom. The Bertz CT molecular complexity index is 573. The number of thioether (sulfide) groups is 1. The maximum atomic E-state index is 12.8. The van der Waals surface area contributed by atoms with Gasteiger partial charge in [-0.05, 0) is 17.7 Å². The fourth-order valence-corrected chi connectivity index (χ4v) is 3.13. The highest BCUT2D eigenvalue weighted by Crippen LogP contribution is 2.26. The second-order valence-electron chi connectivity index (χ2n) is 3.92. The van der Waals surface area contributed by atoms with Crippen LogP contribution < -0.4 is 11.1 Å². The standard InChI is InChI=1S/C12H13FN4OS2/c13-9-3-1-8(2-4-9)7-15-11-16-17-12(20-11)19-6-5-10(14)18/h1-4H,5-7H2,(H2,14,18)(H,15,16). The lowest BCUT2D eigenvalue weighted by molar-refractivity contribution is -0.117. The summed E-state index contributed by atoms with van der Waals surface area (Å²) in [6.45, 7) is 0.556. The number of amides is 1. The fraction of sp³-hybridized carbons (Fsp3) is 0.250. The number of nitrogens with zero attached hydrogens (tertiary/aromatic N) is 2. The topological polar surface area (TPSA) is 80.9 Å². The van der Waals surface area contributed by atoms with Crippen molar-refractivity contribution in [2.75, 3.05) is 11.1 Å². The Balaban J connectivity index is 1.80. The van der Waals surface area contributed by atoms with Gasteiger partial charge in [0.25, 0.3) is 0 Å². The molecular weight excluding hydrogens is 299 g/mol. The van der Waals surface area contributed by atoms with Crippen LogP contribution in [0.25, 0.3) is 0 Å². The Labute approximate surface area is 123 Å². The third kappa shape index (κ3) is 4.78. The highest BCUT2D eigenvalue weighted by atomic mass is 32.2. The van der Waals surface area contributed by atoms with Gasteiger partial charge >= 0.3 is 0 Å².